The SMILES string of the molecule is CCNC(=NCCc1ccn(-c2ccc(F)cc2)n1)N1CCC(C(=O)OCC)CC1.I. The highest BCUT2D eigenvalue weighted by atomic mass is 127. The summed E-state index contributed by atoms with van der Waals surface area (Å²) in [5.74, 6) is 0.510. The van der Waals surface area contributed by atoms with Gasteiger partial charge in [-0.05, 0) is 57.0 Å². The Kier molecular flexibility index (Phi) is 10.2. The Labute approximate surface area is 200 Å². The summed E-state index contributed by atoms with van der Waals surface area (Å²) in [5, 5.41) is 7.89. The molecule has 170 valence electrons. The van der Waals surface area contributed by atoms with Crippen LogP contribution in [-0.2, 0) is 16.0 Å². The van der Waals surface area contributed by atoms with Gasteiger partial charge in [0, 0.05) is 38.8 Å². The summed E-state index contributed by atoms with van der Waals surface area (Å²) < 4.78 is 20.0. The minimum atomic E-state index is -0.261. The number of piperidine rings is 1. The maximum absolute atomic E-state index is 13.1. The molecule has 2 aromatic rings. The minimum absolute atomic E-state index is 0. The molecule has 0 saturated carbocycles. The lowest BCUT2D eigenvalue weighted by Crippen LogP contribution is -2.46. The largest absolute Gasteiger partial charge is 0.466 e. The maximum Gasteiger partial charge on any atom is 0.309 e. The van der Waals surface area contributed by atoms with Gasteiger partial charge in [0.05, 0.1) is 23.9 Å². The van der Waals surface area contributed by atoms with Gasteiger partial charge < -0.3 is 15.0 Å². The molecule has 3 rings (SSSR count). The van der Waals surface area contributed by atoms with Gasteiger partial charge in [0.25, 0.3) is 0 Å². The van der Waals surface area contributed by atoms with Crippen LogP contribution in [0.25, 0.3) is 5.69 Å². The zero-order chi connectivity index (χ0) is 21.3. The molecule has 1 aliphatic heterocycles. The molecule has 0 bridgehead atoms. The zero-order valence-electron chi connectivity index (χ0n) is 18.1. The van der Waals surface area contributed by atoms with Crippen LogP contribution < -0.4 is 5.32 Å². The summed E-state index contributed by atoms with van der Waals surface area (Å²) in [6, 6.07) is 8.21. The number of guanidine groups is 1. The average molecular weight is 543 g/mol. The zero-order valence-corrected chi connectivity index (χ0v) is 20.4. The molecule has 2 heterocycles. The molecule has 1 aromatic heterocycles. The number of aliphatic imine (C=N–C) groups is 1. The molecular formula is C22H31FIN5O2. The van der Waals surface area contributed by atoms with Crippen molar-refractivity contribution in [2.45, 2.75) is 33.1 Å². The number of esters is 1. The Hall–Kier alpha value is -2.17. The van der Waals surface area contributed by atoms with Crippen LogP contribution in [0.3, 0.4) is 0 Å². The number of benzene rings is 1. The molecule has 1 aromatic carbocycles. The second kappa shape index (κ2) is 12.6. The van der Waals surface area contributed by atoms with E-state index in [9.17, 15) is 9.18 Å². The Morgan fingerprint density at radius 3 is 2.58 bits per heavy atom. The highest BCUT2D eigenvalue weighted by molar-refractivity contribution is 14.0. The van der Waals surface area contributed by atoms with Crippen molar-refractivity contribution in [2.24, 2.45) is 10.9 Å². The van der Waals surface area contributed by atoms with Gasteiger partial charge in [-0.3, -0.25) is 9.79 Å². The van der Waals surface area contributed by atoms with Gasteiger partial charge >= 0.3 is 5.97 Å². The van der Waals surface area contributed by atoms with Crippen molar-refractivity contribution in [3.05, 3.63) is 48.0 Å². The number of likely N-dealkylation sites (tertiary alicyclic amines) is 1. The third-order valence-corrected chi connectivity index (χ3v) is 5.11. The van der Waals surface area contributed by atoms with E-state index in [0.717, 1.165) is 49.8 Å². The lowest BCUT2D eigenvalue weighted by atomic mass is 9.97. The second-order valence-corrected chi connectivity index (χ2v) is 7.23. The molecule has 9 heteroatoms. The Balaban J connectivity index is 0.00000341. The normalized spacial score (nSPS) is 14.8. The van der Waals surface area contributed by atoms with Gasteiger partial charge in [-0.15, -0.1) is 24.0 Å². The van der Waals surface area contributed by atoms with Gasteiger partial charge in [-0.2, -0.15) is 5.10 Å². The minimum Gasteiger partial charge on any atom is -0.466 e. The number of carbonyl (C=O) groups excluding carboxylic acids is 1. The van der Waals surface area contributed by atoms with Gasteiger partial charge in [0.15, 0.2) is 5.96 Å². The fourth-order valence-electron chi connectivity index (χ4n) is 3.52. The van der Waals surface area contributed by atoms with Crippen LogP contribution in [0.15, 0.2) is 41.5 Å². The van der Waals surface area contributed by atoms with Crippen LogP contribution >= 0.6 is 24.0 Å². The summed E-state index contributed by atoms with van der Waals surface area (Å²) >= 11 is 0. The third-order valence-electron chi connectivity index (χ3n) is 5.11. The summed E-state index contributed by atoms with van der Waals surface area (Å²) in [5.41, 5.74) is 1.75. The summed E-state index contributed by atoms with van der Waals surface area (Å²) in [4.78, 5) is 18.9. The number of rotatable bonds is 7. The molecule has 1 fully saturated rings. The van der Waals surface area contributed by atoms with Crippen LogP contribution in [-0.4, -0.2) is 59.4 Å². The van der Waals surface area contributed by atoms with Gasteiger partial charge in [0.1, 0.15) is 5.82 Å². The third kappa shape index (κ3) is 7.19. The lowest BCUT2D eigenvalue weighted by molar-refractivity contribution is -0.149. The number of aromatic nitrogens is 2. The number of halogens is 2. The number of carbonyl (C=O) groups is 1. The topological polar surface area (TPSA) is 71.8 Å². The molecule has 0 atom stereocenters. The first-order valence-electron chi connectivity index (χ1n) is 10.6. The van der Waals surface area contributed by atoms with Crippen LogP contribution in [0, 0.1) is 11.7 Å². The van der Waals surface area contributed by atoms with Crippen molar-refractivity contribution >= 4 is 35.9 Å². The molecule has 31 heavy (non-hydrogen) atoms. The van der Waals surface area contributed by atoms with Crippen LogP contribution in [0.4, 0.5) is 4.39 Å². The highest BCUT2D eigenvalue weighted by Gasteiger charge is 2.27. The molecule has 1 saturated heterocycles. The molecule has 7 nitrogen and oxygen atoms in total. The number of ether oxygens (including phenoxy) is 1. The predicted molar refractivity (Wildman–Crippen MR) is 130 cm³/mol. The monoisotopic (exact) mass is 543 g/mol. The van der Waals surface area contributed by atoms with Gasteiger partial charge in [-0.1, -0.05) is 0 Å². The highest BCUT2D eigenvalue weighted by Crippen LogP contribution is 2.19. The predicted octanol–water partition coefficient (Wildman–Crippen LogP) is 3.41. The van der Waals surface area contributed by atoms with Gasteiger partial charge in [-0.25, -0.2) is 9.07 Å². The molecule has 1 N–H and O–H groups in total. The molecule has 0 radical (unpaired) electrons. The Bertz CT molecular complexity index is 848. The van der Waals surface area contributed by atoms with E-state index in [2.05, 4.69) is 15.3 Å². The summed E-state index contributed by atoms with van der Waals surface area (Å²) in [6.45, 7) is 7.29. The van der Waals surface area contributed by atoms with Crippen molar-refractivity contribution < 1.29 is 13.9 Å². The smallest absolute Gasteiger partial charge is 0.309 e. The number of hydrogen-bond donors (Lipinski definition) is 1. The fourth-order valence-corrected chi connectivity index (χ4v) is 3.52. The Morgan fingerprint density at radius 1 is 1.23 bits per heavy atom. The van der Waals surface area contributed by atoms with E-state index in [-0.39, 0.29) is 41.7 Å². The van der Waals surface area contributed by atoms with E-state index >= 15 is 0 Å². The fraction of sp³-hybridized carbons (Fsp3) is 0.500. The van der Waals surface area contributed by atoms with Crippen molar-refractivity contribution in [3.63, 3.8) is 0 Å². The van der Waals surface area contributed by atoms with Crippen molar-refractivity contribution in [2.75, 3.05) is 32.8 Å². The van der Waals surface area contributed by atoms with E-state index in [1.807, 2.05) is 26.1 Å². The van der Waals surface area contributed by atoms with E-state index < -0.39 is 0 Å². The van der Waals surface area contributed by atoms with E-state index in [0.29, 0.717) is 19.6 Å². The first-order chi connectivity index (χ1) is 14.6. The van der Waals surface area contributed by atoms with Crippen molar-refractivity contribution in [1.82, 2.24) is 20.0 Å². The van der Waals surface area contributed by atoms with Gasteiger partial charge in [0.2, 0.25) is 0 Å². The van der Waals surface area contributed by atoms with Crippen molar-refractivity contribution in [3.8, 4) is 5.69 Å². The summed E-state index contributed by atoms with van der Waals surface area (Å²) in [7, 11) is 0. The maximum atomic E-state index is 13.1. The Morgan fingerprint density at radius 2 is 1.94 bits per heavy atom. The van der Waals surface area contributed by atoms with Crippen LogP contribution in [0.5, 0.6) is 0 Å². The van der Waals surface area contributed by atoms with Crippen LogP contribution in [0.1, 0.15) is 32.4 Å². The molecule has 1 aliphatic rings. The molecule has 0 amide bonds. The molecular weight excluding hydrogens is 512 g/mol. The number of nitrogens with one attached hydrogen (secondary N) is 1. The van der Waals surface area contributed by atoms with Crippen molar-refractivity contribution in [1.29, 1.82) is 0 Å². The first-order valence-corrected chi connectivity index (χ1v) is 10.6. The molecule has 0 spiro atoms. The number of hydrogen-bond acceptors (Lipinski definition) is 4. The van der Waals surface area contributed by atoms with E-state index in [4.69, 9.17) is 9.73 Å². The van der Waals surface area contributed by atoms with E-state index in [1.165, 1.54) is 12.1 Å². The number of nitrogens with zero attached hydrogens (tertiary/aromatic N) is 4. The quantitative estimate of drug-likeness (QED) is 0.251. The first kappa shape index (κ1) is 25.1. The standard InChI is InChI=1S/C22H30FN5O2.HI/c1-3-24-22(27-14-10-17(11-15-27)21(29)30-4-2)25-13-9-19-12-16-28(26-19)20-7-5-18(23)6-8-20;/h5-8,12,16-17H,3-4,9-11,13-15H2,1-2H3,(H,24,25);1H. The average Bonchev–Trinajstić information content (AvgIpc) is 3.23. The lowest BCUT2D eigenvalue weighted by Gasteiger charge is -2.33. The molecule has 0 unspecified atom stereocenters. The van der Waals surface area contributed by atoms with E-state index in [1.54, 1.807) is 16.8 Å². The van der Waals surface area contributed by atoms with Crippen LogP contribution in [0.2, 0.25) is 0 Å². The summed E-state index contributed by atoms with van der Waals surface area (Å²) in [6.07, 6.45) is 4.15. The second-order valence-electron chi connectivity index (χ2n) is 7.23. The molecule has 0 aliphatic carbocycles.